The monoisotopic (exact) mass is 282 g/mol. The quantitative estimate of drug-likeness (QED) is 0.673. The predicted molar refractivity (Wildman–Crippen MR) is 72.9 cm³/mol. The van der Waals surface area contributed by atoms with Gasteiger partial charge < -0.3 is 16.2 Å². The molecular formula is C12H14N2O4S. The number of primary amides is 1. The fraction of sp³-hybridized carbons (Fsp3) is 0.250. The molecular weight excluding hydrogens is 268 g/mol. The van der Waals surface area contributed by atoms with Gasteiger partial charge in [-0.2, -0.15) is 0 Å². The summed E-state index contributed by atoms with van der Waals surface area (Å²) < 4.78 is 0. The summed E-state index contributed by atoms with van der Waals surface area (Å²) in [6, 6.07) is 6.83. The van der Waals surface area contributed by atoms with Crippen molar-refractivity contribution in [2.45, 2.75) is 6.42 Å². The minimum absolute atomic E-state index is 0.0389. The summed E-state index contributed by atoms with van der Waals surface area (Å²) in [5.41, 5.74) is 6.26. The summed E-state index contributed by atoms with van der Waals surface area (Å²) in [4.78, 5) is 32.8. The maximum absolute atomic E-state index is 11.6. The lowest BCUT2D eigenvalue weighted by Gasteiger charge is -2.09. The number of hydrogen-bond acceptors (Lipinski definition) is 4. The third kappa shape index (κ3) is 5.91. The van der Waals surface area contributed by atoms with E-state index in [2.05, 4.69) is 5.32 Å². The van der Waals surface area contributed by atoms with Crippen LogP contribution < -0.4 is 11.1 Å². The van der Waals surface area contributed by atoms with Crippen molar-refractivity contribution in [2.24, 2.45) is 5.73 Å². The van der Waals surface area contributed by atoms with Crippen LogP contribution in [0.4, 0.5) is 5.69 Å². The number of para-hydroxylation sites is 1. The number of carboxylic acid groups (broad SMARTS) is 1. The van der Waals surface area contributed by atoms with E-state index in [1.54, 1.807) is 24.3 Å². The van der Waals surface area contributed by atoms with Crippen LogP contribution in [0.3, 0.4) is 0 Å². The van der Waals surface area contributed by atoms with E-state index in [0.29, 0.717) is 11.3 Å². The maximum Gasteiger partial charge on any atom is 0.313 e. The van der Waals surface area contributed by atoms with Crippen LogP contribution >= 0.6 is 11.8 Å². The summed E-state index contributed by atoms with van der Waals surface area (Å²) in [7, 11) is 0. The zero-order valence-electron chi connectivity index (χ0n) is 10.1. The third-order valence-electron chi connectivity index (χ3n) is 2.11. The first-order chi connectivity index (χ1) is 8.99. The highest BCUT2D eigenvalue weighted by molar-refractivity contribution is 8.00. The van der Waals surface area contributed by atoms with Crippen LogP contribution in [0, 0.1) is 0 Å². The van der Waals surface area contributed by atoms with Gasteiger partial charge in [0.1, 0.15) is 0 Å². The number of carbonyl (C=O) groups excluding carboxylic acids is 2. The lowest BCUT2D eigenvalue weighted by molar-refractivity contribution is -0.133. The molecule has 0 radical (unpaired) electrons. The van der Waals surface area contributed by atoms with Gasteiger partial charge in [-0.15, -0.1) is 11.8 Å². The molecule has 19 heavy (non-hydrogen) atoms. The number of amides is 2. The Morgan fingerprint density at radius 1 is 1.21 bits per heavy atom. The van der Waals surface area contributed by atoms with E-state index in [4.69, 9.17) is 10.8 Å². The highest BCUT2D eigenvalue weighted by Crippen LogP contribution is 2.16. The van der Waals surface area contributed by atoms with Gasteiger partial charge in [-0.1, -0.05) is 18.2 Å². The fourth-order valence-electron chi connectivity index (χ4n) is 1.40. The maximum atomic E-state index is 11.6. The number of nitrogens with one attached hydrogen (secondary N) is 1. The first-order valence-corrected chi connectivity index (χ1v) is 6.60. The third-order valence-corrected chi connectivity index (χ3v) is 3.03. The van der Waals surface area contributed by atoms with Gasteiger partial charge in [0, 0.05) is 5.69 Å². The molecule has 0 saturated carbocycles. The second kappa shape index (κ2) is 7.42. The molecule has 1 aromatic carbocycles. The molecule has 0 aromatic heterocycles. The molecule has 0 fully saturated rings. The average molecular weight is 282 g/mol. The van der Waals surface area contributed by atoms with Crippen molar-refractivity contribution in [3.05, 3.63) is 29.8 Å². The molecule has 0 saturated heterocycles. The molecule has 0 aliphatic rings. The predicted octanol–water partition coefficient (Wildman–Crippen LogP) is 0.471. The van der Waals surface area contributed by atoms with Crippen LogP contribution in [-0.4, -0.2) is 34.4 Å². The van der Waals surface area contributed by atoms with Crippen LogP contribution in [0.2, 0.25) is 0 Å². The van der Waals surface area contributed by atoms with E-state index in [1.807, 2.05) is 0 Å². The van der Waals surface area contributed by atoms with Crippen LogP contribution in [0.1, 0.15) is 5.56 Å². The van der Waals surface area contributed by atoms with Gasteiger partial charge in [0.05, 0.1) is 17.9 Å². The molecule has 0 spiro atoms. The van der Waals surface area contributed by atoms with Gasteiger partial charge in [0.25, 0.3) is 0 Å². The molecule has 0 aliphatic heterocycles. The molecule has 1 aromatic rings. The SMILES string of the molecule is NC(=O)Cc1ccccc1NC(=O)CSCC(=O)O. The van der Waals surface area contributed by atoms with E-state index < -0.39 is 11.9 Å². The van der Waals surface area contributed by atoms with Crippen molar-refractivity contribution in [1.82, 2.24) is 0 Å². The van der Waals surface area contributed by atoms with Gasteiger partial charge in [0.2, 0.25) is 11.8 Å². The largest absolute Gasteiger partial charge is 0.481 e. The highest BCUT2D eigenvalue weighted by atomic mass is 32.2. The topological polar surface area (TPSA) is 109 Å². The molecule has 0 unspecified atom stereocenters. The van der Waals surface area contributed by atoms with Crippen molar-refractivity contribution >= 4 is 35.2 Å². The first-order valence-electron chi connectivity index (χ1n) is 5.44. The number of thioether (sulfide) groups is 1. The van der Waals surface area contributed by atoms with Crippen molar-refractivity contribution < 1.29 is 19.5 Å². The van der Waals surface area contributed by atoms with E-state index in [-0.39, 0.29) is 23.8 Å². The van der Waals surface area contributed by atoms with Crippen molar-refractivity contribution in [3.63, 3.8) is 0 Å². The summed E-state index contributed by atoms with van der Waals surface area (Å²) >= 11 is 1.01. The van der Waals surface area contributed by atoms with Crippen LogP contribution in [0.25, 0.3) is 0 Å². The first kappa shape index (κ1) is 15.0. The molecule has 0 bridgehead atoms. The lowest BCUT2D eigenvalue weighted by Crippen LogP contribution is -2.19. The molecule has 6 nitrogen and oxygen atoms in total. The molecule has 0 aliphatic carbocycles. The molecule has 102 valence electrons. The second-order valence-corrected chi connectivity index (χ2v) is 4.72. The van der Waals surface area contributed by atoms with Crippen molar-refractivity contribution in [2.75, 3.05) is 16.8 Å². The Labute approximate surface area is 114 Å². The summed E-state index contributed by atoms with van der Waals surface area (Å²) in [5.74, 6) is -1.86. The summed E-state index contributed by atoms with van der Waals surface area (Å²) in [6.07, 6.45) is 0.0404. The zero-order chi connectivity index (χ0) is 14.3. The minimum atomic E-state index is -0.966. The standard InChI is InChI=1S/C12H14N2O4S/c13-10(15)5-8-3-1-2-4-9(8)14-11(16)6-19-7-12(17)18/h1-4H,5-7H2,(H2,13,15)(H,14,16)(H,17,18). The Bertz CT molecular complexity index is 490. The van der Waals surface area contributed by atoms with E-state index in [9.17, 15) is 14.4 Å². The van der Waals surface area contributed by atoms with Gasteiger partial charge >= 0.3 is 5.97 Å². The molecule has 7 heteroatoms. The smallest absolute Gasteiger partial charge is 0.313 e. The van der Waals surface area contributed by atoms with Crippen LogP contribution in [-0.2, 0) is 20.8 Å². The van der Waals surface area contributed by atoms with E-state index in [0.717, 1.165) is 11.8 Å². The molecule has 0 atom stereocenters. The average Bonchev–Trinajstić information content (AvgIpc) is 2.30. The van der Waals surface area contributed by atoms with Gasteiger partial charge in [-0.05, 0) is 11.6 Å². The fourth-order valence-corrected chi connectivity index (χ4v) is 1.94. The van der Waals surface area contributed by atoms with Gasteiger partial charge in [-0.3, -0.25) is 14.4 Å². The molecule has 0 heterocycles. The Morgan fingerprint density at radius 3 is 2.53 bits per heavy atom. The van der Waals surface area contributed by atoms with Crippen LogP contribution in [0.5, 0.6) is 0 Å². The van der Waals surface area contributed by atoms with E-state index in [1.165, 1.54) is 0 Å². The number of hydrogen-bond donors (Lipinski definition) is 3. The highest BCUT2D eigenvalue weighted by Gasteiger charge is 2.09. The number of anilines is 1. The summed E-state index contributed by atoms with van der Waals surface area (Å²) in [6.45, 7) is 0. The lowest BCUT2D eigenvalue weighted by atomic mass is 10.1. The Hall–Kier alpha value is -2.02. The number of carbonyl (C=O) groups is 3. The van der Waals surface area contributed by atoms with Gasteiger partial charge in [0.15, 0.2) is 0 Å². The number of nitrogens with two attached hydrogens (primary N) is 1. The number of carboxylic acids is 1. The van der Waals surface area contributed by atoms with Gasteiger partial charge in [-0.25, -0.2) is 0 Å². The molecule has 4 N–H and O–H groups in total. The molecule has 2 amide bonds. The summed E-state index contributed by atoms with van der Waals surface area (Å²) in [5, 5.41) is 11.1. The number of aliphatic carboxylic acids is 1. The molecule has 1 rings (SSSR count). The van der Waals surface area contributed by atoms with Crippen molar-refractivity contribution in [3.8, 4) is 0 Å². The Morgan fingerprint density at radius 2 is 1.89 bits per heavy atom. The van der Waals surface area contributed by atoms with Crippen LogP contribution in [0.15, 0.2) is 24.3 Å². The minimum Gasteiger partial charge on any atom is -0.481 e. The second-order valence-electron chi connectivity index (χ2n) is 3.73. The zero-order valence-corrected chi connectivity index (χ0v) is 10.9. The number of rotatable bonds is 7. The Kier molecular flexibility index (Phi) is 5.87. The van der Waals surface area contributed by atoms with Crippen molar-refractivity contribution in [1.29, 1.82) is 0 Å². The normalized spacial score (nSPS) is 9.89. The van der Waals surface area contributed by atoms with E-state index >= 15 is 0 Å². The number of benzene rings is 1. The Balaban J connectivity index is 2.58.